The molecule has 4 amide bonds. The number of pyridine rings is 1. The highest BCUT2D eigenvalue weighted by Gasteiger charge is 2.64. The summed E-state index contributed by atoms with van der Waals surface area (Å²) in [5.74, 6) is -1.49. The Morgan fingerprint density at radius 3 is 2.42 bits per heavy atom. The largest absolute Gasteiger partial charge is 0.497 e. The molecule has 284 valence electrons. The number of rotatable bonds is 11. The van der Waals surface area contributed by atoms with Gasteiger partial charge in [0.1, 0.15) is 29.7 Å². The van der Waals surface area contributed by atoms with Gasteiger partial charge in [-0.05, 0) is 63.6 Å². The van der Waals surface area contributed by atoms with E-state index in [0.29, 0.717) is 34.6 Å². The van der Waals surface area contributed by atoms with Gasteiger partial charge in [-0.1, -0.05) is 27.7 Å². The molecule has 0 spiro atoms. The van der Waals surface area contributed by atoms with Gasteiger partial charge in [0, 0.05) is 47.9 Å². The summed E-state index contributed by atoms with van der Waals surface area (Å²) in [5.41, 5.74) is -2.29. The Labute approximate surface area is 308 Å². The second kappa shape index (κ2) is 14.1. The first kappa shape index (κ1) is 37.7. The van der Waals surface area contributed by atoms with E-state index in [1.807, 2.05) is 47.6 Å². The average molecular weight is 731 g/mol. The lowest BCUT2D eigenvalue weighted by molar-refractivity contribution is -0.161. The molecule has 0 radical (unpaired) electrons. The number of carbonyl (C=O) groups excluding carboxylic acids is 5. The number of hydrogen-bond donors (Lipinski definition) is 4. The summed E-state index contributed by atoms with van der Waals surface area (Å²) in [6, 6.07) is 6.27. The van der Waals surface area contributed by atoms with E-state index in [-0.39, 0.29) is 19.0 Å². The van der Waals surface area contributed by atoms with Crippen LogP contribution in [0.3, 0.4) is 0 Å². The highest BCUT2D eigenvalue weighted by Crippen LogP contribution is 2.38. The van der Waals surface area contributed by atoms with Crippen LogP contribution in [0.1, 0.15) is 74.1 Å². The molecule has 1 aromatic carbocycles. The number of fused-ring (bicyclic) bond motifs is 1. The lowest BCUT2D eigenvalue weighted by Gasteiger charge is -2.47. The molecule has 5 atom stereocenters. The number of nitrogens with zero attached hydrogens (tertiary/aromatic N) is 4. The number of hydrogen-bond acceptors (Lipinski definition) is 10. The molecule has 3 aliphatic rings. The lowest BCUT2D eigenvalue weighted by Crippen LogP contribution is -2.80. The average Bonchev–Trinajstić information content (AvgIpc) is 3.54. The van der Waals surface area contributed by atoms with E-state index in [1.165, 1.54) is 4.90 Å². The minimum Gasteiger partial charge on any atom is -0.497 e. The zero-order chi connectivity index (χ0) is 38.5. The molecule has 2 aliphatic carbocycles. The van der Waals surface area contributed by atoms with Gasteiger partial charge in [-0.2, -0.15) is 5.10 Å². The molecule has 15 heteroatoms. The third kappa shape index (κ3) is 7.71. The molecular formula is C38H50N8O7. The van der Waals surface area contributed by atoms with Gasteiger partial charge in [-0.3, -0.25) is 24.5 Å². The van der Waals surface area contributed by atoms with Crippen LogP contribution in [0, 0.1) is 11.3 Å². The molecule has 1 aliphatic heterocycles. The van der Waals surface area contributed by atoms with Crippen LogP contribution in [-0.2, 0) is 19.2 Å². The van der Waals surface area contributed by atoms with Crippen molar-refractivity contribution in [1.29, 1.82) is 0 Å². The van der Waals surface area contributed by atoms with Crippen LogP contribution in [0.4, 0.5) is 4.79 Å². The Morgan fingerprint density at radius 2 is 1.81 bits per heavy atom. The summed E-state index contributed by atoms with van der Waals surface area (Å²) >= 11 is 0. The Kier molecular flexibility index (Phi) is 10.0. The molecule has 1 saturated heterocycles. The van der Waals surface area contributed by atoms with E-state index in [4.69, 9.17) is 14.5 Å². The number of urea groups is 1. The third-order valence-corrected chi connectivity index (χ3v) is 9.88. The normalized spacial score (nSPS) is 23.7. The van der Waals surface area contributed by atoms with E-state index >= 15 is 0 Å². The van der Waals surface area contributed by atoms with Gasteiger partial charge in [-0.25, -0.2) is 14.5 Å². The topological polar surface area (TPSA) is 186 Å². The Balaban J connectivity index is 1.35. The SMILES string of the molecule is CCC1C(=O)C(=O)[C@]1(NC(=O)[C@@H]1C[C@@H](Oc2cc(-n3cccn3)nc3cc(OC)ccc23)CN1C(=O)[C@@H](NC(=O)NC(C)(C)C)C(C)(C)C)NC1CC1. The first-order valence-electron chi connectivity index (χ1n) is 18.2. The van der Waals surface area contributed by atoms with Gasteiger partial charge in [0.2, 0.25) is 23.4 Å². The number of amides is 4. The fourth-order valence-corrected chi connectivity index (χ4v) is 7.08. The number of aromatic nitrogens is 3. The summed E-state index contributed by atoms with van der Waals surface area (Å²) < 4.78 is 13.7. The van der Waals surface area contributed by atoms with Crippen molar-refractivity contribution >= 4 is 40.3 Å². The lowest BCUT2D eigenvalue weighted by atomic mass is 9.68. The number of ketones is 2. The minimum absolute atomic E-state index is 0.00262. The quantitative estimate of drug-likeness (QED) is 0.169. The van der Waals surface area contributed by atoms with Crippen LogP contribution < -0.4 is 30.7 Å². The summed E-state index contributed by atoms with van der Waals surface area (Å²) in [6.07, 6.45) is 4.76. The van der Waals surface area contributed by atoms with Crippen molar-refractivity contribution in [3.8, 4) is 17.3 Å². The monoisotopic (exact) mass is 730 g/mol. The van der Waals surface area contributed by atoms with E-state index < -0.39 is 70.1 Å². The maximum Gasteiger partial charge on any atom is 0.315 e. The van der Waals surface area contributed by atoms with Crippen LogP contribution in [0.25, 0.3) is 16.7 Å². The van der Waals surface area contributed by atoms with Gasteiger partial charge < -0.3 is 30.3 Å². The fourth-order valence-electron chi connectivity index (χ4n) is 7.08. The zero-order valence-electron chi connectivity index (χ0n) is 31.6. The molecule has 1 unspecified atom stereocenters. The second-order valence-corrected chi connectivity index (χ2v) is 16.3. The first-order valence-corrected chi connectivity index (χ1v) is 18.2. The number of ether oxygens (including phenoxy) is 2. The van der Waals surface area contributed by atoms with Crippen molar-refractivity contribution in [3.63, 3.8) is 0 Å². The van der Waals surface area contributed by atoms with Crippen LogP contribution in [0.5, 0.6) is 11.5 Å². The van der Waals surface area contributed by atoms with E-state index in [9.17, 15) is 24.0 Å². The minimum atomic E-state index is -1.55. The smallest absolute Gasteiger partial charge is 0.315 e. The number of likely N-dealkylation sites (tertiary alicyclic amines) is 1. The maximum atomic E-state index is 14.6. The van der Waals surface area contributed by atoms with Crippen molar-refractivity contribution in [3.05, 3.63) is 42.7 Å². The predicted octanol–water partition coefficient (Wildman–Crippen LogP) is 3.03. The molecule has 2 saturated carbocycles. The van der Waals surface area contributed by atoms with Gasteiger partial charge in [0.15, 0.2) is 11.5 Å². The molecule has 15 nitrogen and oxygen atoms in total. The number of benzene rings is 1. The zero-order valence-corrected chi connectivity index (χ0v) is 31.6. The van der Waals surface area contributed by atoms with Crippen LogP contribution in [0.15, 0.2) is 42.7 Å². The third-order valence-electron chi connectivity index (χ3n) is 9.88. The number of Topliss-reactive ketones (excluding diaryl/α,β-unsaturated/α-hetero) is 2. The first-order chi connectivity index (χ1) is 24.9. The number of methoxy groups -OCH3 is 1. The molecular weight excluding hydrogens is 680 g/mol. The molecule has 53 heavy (non-hydrogen) atoms. The Bertz CT molecular complexity index is 1910. The molecule has 4 N–H and O–H groups in total. The molecule has 2 aromatic heterocycles. The predicted molar refractivity (Wildman–Crippen MR) is 195 cm³/mol. The van der Waals surface area contributed by atoms with E-state index in [1.54, 1.807) is 55.4 Å². The summed E-state index contributed by atoms with van der Waals surface area (Å²) in [7, 11) is 1.57. The molecule has 3 aromatic rings. The van der Waals surface area contributed by atoms with Gasteiger partial charge in [0.25, 0.3) is 0 Å². The summed E-state index contributed by atoms with van der Waals surface area (Å²) in [5, 5.41) is 16.9. The molecule has 0 bridgehead atoms. The van der Waals surface area contributed by atoms with Gasteiger partial charge in [0.05, 0.1) is 25.1 Å². The van der Waals surface area contributed by atoms with E-state index in [0.717, 1.165) is 12.8 Å². The fraction of sp³-hybridized carbons (Fsp3) is 0.553. The maximum absolute atomic E-state index is 14.6. The summed E-state index contributed by atoms with van der Waals surface area (Å²) in [4.78, 5) is 74.4. The van der Waals surface area contributed by atoms with Crippen molar-refractivity contribution in [2.75, 3.05) is 13.7 Å². The Morgan fingerprint density at radius 1 is 1.08 bits per heavy atom. The van der Waals surface area contributed by atoms with E-state index in [2.05, 4.69) is 26.4 Å². The van der Waals surface area contributed by atoms with Crippen molar-refractivity contribution < 1.29 is 33.4 Å². The second-order valence-electron chi connectivity index (χ2n) is 16.3. The highest BCUT2D eigenvalue weighted by molar-refractivity contribution is 6.49. The number of nitrogens with one attached hydrogen (secondary N) is 4. The number of carbonyl (C=O) groups is 5. The van der Waals surface area contributed by atoms with Crippen LogP contribution >= 0.6 is 0 Å². The Hall–Kier alpha value is -5.05. The van der Waals surface area contributed by atoms with Crippen LogP contribution in [-0.4, -0.2) is 98.2 Å². The van der Waals surface area contributed by atoms with Crippen molar-refractivity contribution in [2.24, 2.45) is 11.3 Å². The van der Waals surface area contributed by atoms with Crippen molar-refractivity contribution in [2.45, 2.75) is 110 Å². The standard InChI is InChI=1S/C38H50N8O7/c1-9-25-30(47)32(48)38(25,42-21-11-12-21)43-33(49)27-18-23(20-45(27)34(50)31(36(2,3)4)41-35(51)44-37(5,6)7)53-28-19-29(46-16-10-15-39-46)40-26-17-22(52-8)13-14-24(26)28/h10,13-17,19,21,23,25,27,31,42H,9,11-12,18,20H2,1-8H3,(H,43,49)(H2,41,44,51)/t23-,25?,27+,31-,38+/m1/s1. The molecule has 3 fully saturated rings. The summed E-state index contributed by atoms with van der Waals surface area (Å²) in [6.45, 7) is 12.8. The molecule has 6 rings (SSSR count). The van der Waals surface area contributed by atoms with Crippen LogP contribution in [0.2, 0.25) is 0 Å². The highest BCUT2D eigenvalue weighted by atomic mass is 16.5. The van der Waals surface area contributed by atoms with Crippen molar-refractivity contribution in [1.82, 2.24) is 40.9 Å². The van der Waals surface area contributed by atoms with Gasteiger partial charge >= 0.3 is 6.03 Å². The van der Waals surface area contributed by atoms with Gasteiger partial charge in [-0.15, -0.1) is 0 Å². The molecule has 3 heterocycles.